The predicted octanol–water partition coefficient (Wildman–Crippen LogP) is 1.06. The van der Waals surface area contributed by atoms with Crippen LogP contribution in [0.4, 0.5) is 0 Å². The van der Waals surface area contributed by atoms with E-state index in [2.05, 4.69) is 6.92 Å². The highest BCUT2D eigenvalue weighted by Crippen LogP contribution is 1.99. The Hall–Kier alpha value is -1.14. The second kappa shape index (κ2) is 11.7. The van der Waals surface area contributed by atoms with Crippen LogP contribution in [-0.4, -0.2) is 73.7 Å². The van der Waals surface area contributed by atoms with Crippen LogP contribution in [0.3, 0.4) is 0 Å². The number of nitrogens with zero attached hydrogens (tertiary/aromatic N) is 2. The van der Waals surface area contributed by atoms with Gasteiger partial charge in [0.15, 0.2) is 0 Å². The van der Waals surface area contributed by atoms with Crippen molar-refractivity contribution in [3.05, 3.63) is 0 Å². The van der Waals surface area contributed by atoms with Gasteiger partial charge in [-0.3, -0.25) is 14.5 Å². The molecule has 0 aliphatic rings. The van der Waals surface area contributed by atoms with Crippen LogP contribution in [0.15, 0.2) is 0 Å². The molecule has 0 spiro atoms. The molecule has 0 fully saturated rings. The van der Waals surface area contributed by atoms with Crippen molar-refractivity contribution in [1.82, 2.24) is 9.80 Å². The molecule has 1 amide bonds. The van der Waals surface area contributed by atoms with E-state index in [0.717, 1.165) is 25.8 Å². The third-order valence-corrected chi connectivity index (χ3v) is 3.10. The Labute approximate surface area is 121 Å². The molecule has 0 aromatic rings. The minimum Gasteiger partial charge on any atom is -0.481 e. The zero-order chi connectivity index (χ0) is 15.4. The first kappa shape index (κ1) is 18.9. The second-order valence-corrected chi connectivity index (χ2v) is 4.94. The Morgan fingerprint density at radius 1 is 1.15 bits per heavy atom. The summed E-state index contributed by atoms with van der Waals surface area (Å²) in [5, 5.41) is 8.75. The van der Waals surface area contributed by atoms with E-state index < -0.39 is 5.97 Å². The molecule has 0 radical (unpaired) electrons. The van der Waals surface area contributed by atoms with Gasteiger partial charge in [0.1, 0.15) is 0 Å². The lowest BCUT2D eigenvalue weighted by molar-refractivity contribution is -0.138. The zero-order valence-electron chi connectivity index (χ0n) is 12.9. The molecule has 0 aliphatic heterocycles. The summed E-state index contributed by atoms with van der Waals surface area (Å²) in [6.07, 6.45) is 2.89. The summed E-state index contributed by atoms with van der Waals surface area (Å²) in [6.45, 7) is 4.80. The second-order valence-electron chi connectivity index (χ2n) is 4.94. The Balaban J connectivity index is 4.22. The van der Waals surface area contributed by atoms with Crippen LogP contribution >= 0.6 is 0 Å². The van der Waals surface area contributed by atoms with Crippen LogP contribution in [0.1, 0.15) is 32.6 Å². The quantitative estimate of drug-likeness (QED) is 0.544. The highest BCUT2D eigenvalue weighted by Gasteiger charge is 2.15. The number of likely N-dealkylation sites (N-methyl/N-ethyl adjacent to an activating group) is 1. The maximum absolute atomic E-state index is 12.0. The molecule has 0 unspecified atom stereocenters. The fraction of sp³-hybridized carbons (Fsp3) is 0.857. The highest BCUT2D eigenvalue weighted by atomic mass is 16.5. The van der Waals surface area contributed by atoms with Gasteiger partial charge in [0.05, 0.1) is 13.0 Å². The Kier molecular flexibility index (Phi) is 11.0. The number of hydrogen-bond acceptors (Lipinski definition) is 4. The number of rotatable bonds is 12. The molecule has 0 bridgehead atoms. The standard InChI is InChI=1S/C14H28N2O4/c1-4-5-8-15(2)13(17)12-16(9-6-11-20-3)10-7-14(18)19/h4-12H2,1-3H3,(H,18,19). The van der Waals surface area contributed by atoms with Crippen molar-refractivity contribution in [1.29, 1.82) is 0 Å². The van der Waals surface area contributed by atoms with Crippen LogP contribution in [-0.2, 0) is 14.3 Å². The largest absolute Gasteiger partial charge is 0.481 e. The third kappa shape index (κ3) is 9.75. The van der Waals surface area contributed by atoms with Gasteiger partial charge in [0.2, 0.25) is 5.91 Å². The van der Waals surface area contributed by atoms with Crippen molar-refractivity contribution in [3.63, 3.8) is 0 Å². The van der Waals surface area contributed by atoms with Crippen molar-refractivity contribution >= 4 is 11.9 Å². The minimum atomic E-state index is -0.839. The van der Waals surface area contributed by atoms with Gasteiger partial charge in [0, 0.05) is 40.4 Å². The Bertz CT molecular complexity index is 284. The first-order valence-electron chi connectivity index (χ1n) is 7.18. The van der Waals surface area contributed by atoms with E-state index in [9.17, 15) is 9.59 Å². The van der Waals surface area contributed by atoms with E-state index in [4.69, 9.17) is 9.84 Å². The molecule has 20 heavy (non-hydrogen) atoms. The van der Waals surface area contributed by atoms with E-state index in [1.165, 1.54) is 0 Å². The number of unbranched alkanes of at least 4 members (excludes halogenated alkanes) is 1. The van der Waals surface area contributed by atoms with Crippen LogP contribution in [0, 0.1) is 0 Å². The minimum absolute atomic E-state index is 0.0428. The number of aliphatic carboxylic acids is 1. The topological polar surface area (TPSA) is 70.1 Å². The van der Waals surface area contributed by atoms with E-state index in [-0.39, 0.29) is 18.9 Å². The van der Waals surface area contributed by atoms with Crippen LogP contribution in [0.25, 0.3) is 0 Å². The predicted molar refractivity (Wildman–Crippen MR) is 77.7 cm³/mol. The van der Waals surface area contributed by atoms with E-state index in [0.29, 0.717) is 19.7 Å². The number of amides is 1. The first-order chi connectivity index (χ1) is 9.51. The normalized spacial score (nSPS) is 10.8. The van der Waals surface area contributed by atoms with Gasteiger partial charge >= 0.3 is 5.97 Å². The number of methoxy groups -OCH3 is 1. The summed E-state index contributed by atoms with van der Waals surface area (Å²) in [6, 6.07) is 0. The number of carboxylic acid groups (broad SMARTS) is 1. The summed E-state index contributed by atoms with van der Waals surface area (Å²) in [4.78, 5) is 26.3. The van der Waals surface area contributed by atoms with Crippen LogP contribution in [0.5, 0.6) is 0 Å². The number of ether oxygens (including phenoxy) is 1. The van der Waals surface area contributed by atoms with Gasteiger partial charge in [-0.2, -0.15) is 0 Å². The summed E-state index contributed by atoms with van der Waals surface area (Å²) in [7, 11) is 3.42. The van der Waals surface area contributed by atoms with Crippen molar-refractivity contribution in [3.8, 4) is 0 Å². The number of carbonyl (C=O) groups excluding carboxylic acids is 1. The number of carbonyl (C=O) groups is 2. The molecule has 118 valence electrons. The summed E-state index contributed by atoms with van der Waals surface area (Å²) in [5.41, 5.74) is 0. The van der Waals surface area contributed by atoms with E-state index in [1.807, 2.05) is 4.90 Å². The number of hydrogen-bond donors (Lipinski definition) is 1. The highest BCUT2D eigenvalue weighted by molar-refractivity contribution is 5.78. The Morgan fingerprint density at radius 2 is 1.85 bits per heavy atom. The summed E-state index contributed by atoms with van der Waals surface area (Å²) in [5.74, 6) is -0.796. The maximum atomic E-state index is 12.0. The molecule has 6 heteroatoms. The van der Waals surface area contributed by atoms with E-state index >= 15 is 0 Å². The van der Waals surface area contributed by atoms with Crippen molar-refractivity contribution in [2.24, 2.45) is 0 Å². The molecule has 6 nitrogen and oxygen atoms in total. The lowest BCUT2D eigenvalue weighted by Crippen LogP contribution is -2.40. The van der Waals surface area contributed by atoms with Crippen molar-refractivity contribution in [2.45, 2.75) is 32.6 Å². The third-order valence-electron chi connectivity index (χ3n) is 3.10. The number of carboxylic acids is 1. The molecular weight excluding hydrogens is 260 g/mol. The molecule has 0 heterocycles. The molecule has 0 aromatic carbocycles. The SMILES string of the molecule is CCCCN(C)C(=O)CN(CCCOC)CCC(=O)O. The Morgan fingerprint density at radius 3 is 2.40 bits per heavy atom. The van der Waals surface area contributed by atoms with Gasteiger partial charge in [0.25, 0.3) is 0 Å². The fourth-order valence-electron chi connectivity index (χ4n) is 1.79. The van der Waals surface area contributed by atoms with Crippen LogP contribution in [0.2, 0.25) is 0 Å². The molecule has 0 saturated heterocycles. The molecule has 0 aliphatic carbocycles. The summed E-state index contributed by atoms with van der Waals surface area (Å²) >= 11 is 0. The maximum Gasteiger partial charge on any atom is 0.304 e. The smallest absolute Gasteiger partial charge is 0.304 e. The first-order valence-corrected chi connectivity index (χ1v) is 7.18. The lowest BCUT2D eigenvalue weighted by Gasteiger charge is -2.24. The van der Waals surface area contributed by atoms with Gasteiger partial charge in [-0.05, 0) is 12.8 Å². The summed E-state index contributed by atoms with van der Waals surface area (Å²) < 4.78 is 4.99. The lowest BCUT2D eigenvalue weighted by atomic mass is 10.3. The molecule has 0 rings (SSSR count). The van der Waals surface area contributed by atoms with Gasteiger partial charge in [-0.1, -0.05) is 13.3 Å². The average molecular weight is 288 g/mol. The molecular formula is C14H28N2O4. The van der Waals surface area contributed by atoms with Crippen molar-refractivity contribution in [2.75, 3.05) is 46.9 Å². The van der Waals surface area contributed by atoms with Crippen molar-refractivity contribution < 1.29 is 19.4 Å². The molecule has 0 saturated carbocycles. The van der Waals surface area contributed by atoms with Gasteiger partial charge < -0.3 is 14.7 Å². The fourth-order valence-corrected chi connectivity index (χ4v) is 1.79. The molecule has 0 atom stereocenters. The molecule has 0 aromatic heterocycles. The van der Waals surface area contributed by atoms with Gasteiger partial charge in [-0.15, -0.1) is 0 Å². The van der Waals surface area contributed by atoms with E-state index in [1.54, 1.807) is 19.1 Å². The van der Waals surface area contributed by atoms with Gasteiger partial charge in [-0.25, -0.2) is 0 Å². The van der Waals surface area contributed by atoms with Crippen LogP contribution < -0.4 is 0 Å². The average Bonchev–Trinajstić information content (AvgIpc) is 2.41. The zero-order valence-corrected chi connectivity index (χ0v) is 12.9. The monoisotopic (exact) mass is 288 g/mol. The molecule has 1 N–H and O–H groups in total.